The molecular formula is C25H26F6O3. The van der Waals surface area contributed by atoms with E-state index in [4.69, 9.17) is 5.11 Å². The van der Waals surface area contributed by atoms with Crippen molar-refractivity contribution in [3.63, 3.8) is 0 Å². The molecule has 0 unspecified atom stereocenters. The number of aliphatic hydroxyl groups excluding tert-OH is 2. The van der Waals surface area contributed by atoms with Gasteiger partial charge in [-0.15, -0.1) is 5.92 Å². The Kier molecular flexibility index (Phi) is 8.81. The quantitative estimate of drug-likeness (QED) is 0.391. The summed E-state index contributed by atoms with van der Waals surface area (Å²) >= 11 is 0. The highest BCUT2D eigenvalue weighted by Crippen LogP contribution is 2.44. The summed E-state index contributed by atoms with van der Waals surface area (Å²) in [6.45, 7) is 5.71. The first-order chi connectivity index (χ1) is 15.7. The summed E-state index contributed by atoms with van der Waals surface area (Å²) in [6, 6.07) is 7.19. The Balaban J connectivity index is 2.05. The predicted octanol–water partition coefficient (Wildman–Crippen LogP) is 5.27. The van der Waals surface area contributed by atoms with E-state index in [1.54, 1.807) is 24.1 Å². The molecule has 0 amide bonds. The van der Waals surface area contributed by atoms with Gasteiger partial charge in [0.15, 0.2) is 0 Å². The number of alkyl halides is 6. The van der Waals surface area contributed by atoms with E-state index in [2.05, 4.69) is 12.5 Å². The third-order valence-corrected chi connectivity index (χ3v) is 5.63. The smallest absolute Gasteiger partial charge is 0.393 e. The van der Waals surface area contributed by atoms with Crippen molar-refractivity contribution in [2.24, 2.45) is 0 Å². The predicted molar refractivity (Wildman–Crippen MR) is 116 cm³/mol. The van der Waals surface area contributed by atoms with Gasteiger partial charge in [0, 0.05) is 12.8 Å². The molecule has 1 aliphatic carbocycles. The molecule has 1 saturated carbocycles. The third-order valence-electron chi connectivity index (χ3n) is 5.63. The van der Waals surface area contributed by atoms with Gasteiger partial charge in [0.05, 0.1) is 18.6 Å². The van der Waals surface area contributed by atoms with E-state index < -0.39 is 36.6 Å². The molecule has 186 valence electrons. The Morgan fingerprint density at radius 2 is 1.76 bits per heavy atom. The van der Waals surface area contributed by atoms with Gasteiger partial charge in [-0.05, 0) is 47.6 Å². The van der Waals surface area contributed by atoms with Crippen LogP contribution in [0.5, 0.6) is 0 Å². The van der Waals surface area contributed by atoms with Crippen LogP contribution in [0.15, 0.2) is 54.1 Å². The molecule has 34 heavy (non-hydrogen) atoms. The van der Waals surface area contributed by atoms with E-state index in [0.717, 1.165) is 22.3 Å². The molecule has 3 nitrogen and oxygen atoms in total. The minimum absolute atomic E-state index is 0.0116. The van der Waals surface area contributed by atoms with Crippen LogP contribution in [0.4, 0.5) is 26.3 Å². The van der Waals surface area contributed by atoms with E-state index in [-0.39, 0.29) is 12.8 Å². The van der Waals surface area contributed by atoms with Crippen LogP contribution < -0.4 is 0 Å². The van der Waals surface area contributed by atoms with Crippen molar-refractivity contribution in [1.82, 2.24) is 0 Å². The first-order valence-corrected chi connectivity index (χ1v) is 10.5. The van der Waals surface area contributed by atoms with Crippen LogP contribution in [0.2, 0.25) is 0 Å². The highest BCUT2D eigenvalue weighted by molar-refractivity contribution is 5.66. The van der Waals surface area contributed by atoms with Gasteiger partial charge in [-0.1, -0.05) is 48.9 Å². The molecule has 0 spiro atoms. The molecule has 1 aromatic rings. The third kappa shape index (κ3) is 6.75. The first kappa shape index (κ1) is 27.7. The molecule has 0 saturated heterocycles. The van der Waals surface area contributed by atoms with Crippen LogP contribution in [-0.4, -0.2) is 45.5 Å². The second-order valence-corrected chi connectivity index (χ2v) is 8.26. The largest absolute Gasteiger partial charge is 0.427 e. The second kappa shape index (κ2) is 10.8. The lowest BCUT2D eigenvalue weighted by Crippen LogP contribution is -2.56. The average Bonchev–Trinajstić information content (AvgIpc) is 2.73. The van der Waals surface area contributed by atoms with E-state index in [9.17, 15) is 36.6 Å². The number of rotatable bonds is 5. The fourth-order valence-corrected chi connectivity index (χ4v) is 3.40. The van der Waals surface area contributed by atoms with Crippen LogP contribution >= 0.6 is 0 Å². The van der Waals surface area contributed by atoms with Gasteiger partial charge in [0.2, 0.25) is 0 Å². The van der Waals surface area contributed by atoms with E-state index >= 15 is 0 Å². The highest BCUT2D eigenvalue weighted by Gasteiger charge is 2.69. The topological polar surface area (TPSA) is 60.7 Å². The summed E-state index contributed by atoms with van der Waals surface area (Å²) < 4.78 is 76.0. The van der Waals surface area contributed by atoms with Gasteiger partial charge >= 0.3 is 12.4 Å². The van der Waals surface area contributed by atoms with Crippen LogP contribution in [0.25, 0.3) is 5.57 Å². The van der Waals surface area contributed by atoms with Crippen molar-refractivity contribution in [3.05, 3.63) is 65.3 Å². The minimum atomic E-state index is -5.88. The molecule has 0 radical (unpaired) electrons. The molecule has 1 aromatic carbocycles. The van der Waals surface area contributed by atoms with E-state index in [1.807, 2.05) is 25.1 Å². The summed E-state index contributed by atoms with van der Waals surface area (Å²) in [4.78, 5) is 0. The van der Waals surface area contributed by atoms with E-state index in [0.29, 0.717) is 18.4 Å². The fourth-order valence-electron chi connectivity index (χ4n) is 3.40. The van der Waals surface area contributed by atoms with Crippen LogP contribution in [-0.2, 0) is 6.42 Å². The summed E-state index contributed by atoms with van der Waals surface area (Å²) in [6.07, 6.45) is -10.5. The number of halogens is 6. The van der Waals surface area contributed by atoms with Crippen molar-refractivity contribution in [3.8, 4) is 11.8 Å². The molecule has 9 heteroatoms. The maximum Gasteiger partial charge on any atom is 0.427 e. The fraction of sp³-hybridized carbons (Fsp3) is 0.440. The number of aliphatic hydroxyl groups is 3. The molecule has 0 bridgehead atoms. The number of aryl methyl sites for hydroxylation is 1. The Morgan fingerprint density at radius 3 is 2.38 bits per heavy atom. The number of hydrogen-bond donors (Lipinski definition) is 3. The first-order valence-electron chi connectivity index (χ1n) is 10.5. The lowest BCUT2D eigenvalue weighted by atomic mass is 9.86. The van der Waals surface area contributed by atoms with Gasteiger partial charge in [-0.3, -0.25) is 0 Å². The van der Waals surface area contributed by atoms with Crippen molar-refractivity contribution >= 4 is 5.57 Å². The van der Waals surface area contributed by atoms with Crippen molar-refractivity contribution in [2.45, 2.75) is 69.2 Å². The van der Waals surface area contributed by atoms with Gasteiger partial charge in [0.1, 0.15) is 0 Å². The van der Waals surface area contributed by atoms with Crippen LogP contribution in [0.1, 0.15) is 43.7 Å². The SMILES string of the molecule is C=C1/C(=C\C=C(/C)c2cccc(CCC#CCC(O)(C(F)(F)F)C(F)(F)F)c2)C[C@@H](O)C[C@@H]1O. The Labute approximate surface area is 194 Å². The summed E-state index contributed by atoms with van der Waals surface area (Å²) in [5.74, 6) is 4.08. The normalized spacial score (nSPS) is 21.4. The minimum Gasteiger partial charge on any atom is -0.393 e. The monoisotopic (exact) mass is 488 g/mol. The lowest BCUT2D eigenvalue weighted by molar-refractivity contribution is -0.365. The molecule has 1 fully saturated rings. The van der Waals surface area contributed by atoms with Crippen molar-refractivity contribution < 1.29 is 41.7 Å². The van der Waals surface area contributed by atoms with Crippen molar-refractivity contribution in [2.75, 3.05) is 0 Å². The Bertz CT molecular complexity index is 994. The Hall–Kier alpha value is -2.54. The highest BCUT2D eigenvalue weighted by atomic mass is 19.4. The number of benzene rings is 1. The van der Waals surface area contributed by atoms with Crippen molar-refractivity contribution in [1.29, 1.82) is 0 Å². The molecule has 0 heterocycles. The zero-order valence-corrected chi connectivity index (χ0v) is 18.5. The summed E-state index contributed by atoms with van der Waals surface area (Å²) in [7, 11) is 0. The maximum atomic E-state index is 12.7. The van der Waals surface area contributed by atoms with Gasteiger partial charge < -0.3 is 15.3 Å². The average molecular weight is 488 g/mol. The summed E-state index contributed by atoms with van der Waals surface area (Å²) in [5, 5.41) is 28.8. The molecule has 0 aromatic heterocycles. The molecular weight excluding hydrogens is 462 g/mol. The molecule has 0 aliphatic heterocycles. The molecule has 3 N–H and O–H groups in total. The molecule has 1 aliphatic rings. The van der Waals surface area contributed by atoms with Crippen LogP contribution in [0.3, 0.4) is 0 Å². The Morgan fingerprint density at radius 1 is 1.12 bits per heavy atom. The van der Waals surface area contributed by atoms with Gasteiger partial charge in [-0.25, -0.2) is 0 Å². The standard InChI is InChI=1S/C25H26F6O3/c1-16(10-11-20-14-21(32)15-22(33)17(20)2)19-9-6-8-18(13-19)7-4-3-5-12-23(34,24(26,27)28)25(29,30)31/h6,8-11,13,21-22,32-34H,2,4,7,12,14-15H2,1H3/b16-10+,20-11-/t21-,22+/m1/s1. The van der Waals surface area contributed by atoms with E-state index in [1.165, 1.54) is 0 Å². The zero-order valence-electron chi connectivity index (χ0n) is 18.5. The second-order valence-electron chi connectivity index (χ2n) is 8.26. The zero-order chi connectivity index (χ0) is 25.7. The molecule has 2 rings (SSSR count). The van der Waals surface area contributed by atoms with Gasteiger partial charge in [0.25, 0.3) is 5.60 Å². The summed E-state index contributed by atoms with van der Waals surface area (Å²) in [5.41, 5.74) is -1.07. The lowest BCUT2D eigenvalue weighted by Gasteiger charge is -2.30. The number of allylic oxidation sites excluding steroid dienone is 3. The molecule has 2 atom stereocenters. The van der Waals surface area contributed by atoms with Crippen LogP contribution in [0, 0.1) is 11.8 Å². The van der Waals surface area contributed by atoms with Gasteiger partial charge in [-0.2, -0.15) is 26.3 Å². The maximum absolute atomic E-state index is 12.7. The number of hydrogen-bond acceptors (Lipinski definition) is 3.